The van der Waals surface area contributed by atoms with Crippen molar-refractivity contribution in [3.05, 3.63) is 35.7 Å². The van der Waals surface area contributed by atoms with Crippen molar-refractivity contribution in [3.63, 3.8) is 0 Å². The SMILES string of the molecule is C=C(C(C=[N+](CCC)C(=C)C1CC(C)C(C)C1C)=C(C)C(C)CC)N(C)C. The van der Waals surface area contributed by atoms with E-state index in [2.05, 4.69) is 91.4 Å². The number of nitrogens with zero attached hydrogens (tertiary/aromatic N) is 2. The van der Waals surface area contributed by atoms with Crippen LogP contribution in [0.3, 0.4) is 0 Å². The zero-order chi connectivity index (χ0) is 20.9. The van der Waals surface area contributed by atoms with Crippen molar-refractivity contribution < 1.29 is 4.58 Å². The van der Waals surface area contributed by atoms with Gasteiger partial charge in [0.15, 0.2) is 11.9 Å². The van der Waals surface area contributed by atoms with Crippen LogP contribution in [0.2, 0.25) is 0 Å². The van der Waals surface area contributed by atoms with Crippen molar-refractivity contribution in [2.75, 3.05) is 20.6 Å². The minimum Gasteiger partial charge on any atom is -0.377 e. The molecule has 5 atom stereocenters. The molecule has 154 valence electrons. The Bertz CT molecular complexity index is 593. The third kappa shape index (κ3) is 5.59. The Balaban J connectivity index is 3.37. The molecule has 1 fully saturated rings. The predicted molar refractivity (Wildman–Crippen MR) is 121 cm³/mol. The summed E-state index contributed by atoms with van der Waals surface area (Å²) in [4.78, 5) is 2.13. The molecule has 1 aliphatic carbocycles. The molecule has 27 heavy (non-hydrogen) atoms. The number of hydrogen-bond donors (Lipinski definition) is 0. The van der Waals surface area contributed by atoms with Gasteiger partial charge in [-0.25, -0.2) is 4.58 Å². The van der Waals surface area contributed by atoms with Crippen molar-refractivity contribution in [1.29, 1.82) is 0 Å². The standard InChI is InChI=1S/C25H45N2/c1-12-14-27(23(9)24-15-18(4)19(5)21(24)7)16-25(22(8)26(10)11)20(6)17(3)13-2/h16-19,21,24H,8-9,12-15H2,1-7,10-11H3/q+1. The molecule has 0 aromatic carbocycles. The second-order valence-electron chi connectivity index (χ2n) is 9.10. The topological polar surface area (TPSA) is 6.25 Å². The Kier molecular flexibility index (Phi) is 9.05. The molecule has 0 amide bonds. The highest BCUT2D eigenvalue weighted by Crippen LogP contribution is 2.44. The van der Waals surface area contributed by atoms with Crippen LogP contribution in [0, 0.1) is 29.6 Å². The average molecular weight is 374 g/mol. The number of rotatable bonds is 9. The summed E-state index contributed by atoms with van der Waals surface area (Å²) in [5.41, 5.74) is 5.08. The van der Waals surface area contributed by atoms with E-state index in [1.54, 1.807) is 0 Å². The zero-order valence-electron chi connectivity index (χ0n) is 19.6. The first-order valence-electron chi connectivity index (χ1n) is 10.9. The van der Waals surface area contributed by atoms with Crippen LogP contribution in [0.25, 0.3) is 0 Å². The number of hydrogen-bond acceptors (Lipinski definition) is 1. The Hall–Kier alpha value is -1.31. The highest BCUT2D eigenvalue weighted by atomic mass is 15.1. The number of allylic oxidation sites excluding steroid dienone is 3. The van der Waals surface area contributed by atoms with E-state index in [4.69, 9.17) is 0 Å². The second-order valence-corrected chi connectivity index (χ2v) is 9.10. The van der Waals surface area contributed by atoms with Gasteiger partial charge in [0.25, 0.3) is 0 Å². The molecule has 0 spiro atoms. The minimum atomic E-state index is 0.551. The van der Waals surface area contributed by atoms with Crippen LogP contribution in [-0.2, 0) is 0 Å². The van der Waals surface area contributed by atoms with Gasteiger partial charge in [-0.2, -0.15) is 0 Å². The van der Waals surface area contributed by atoms with Gasteiger partial charge < -0.3 is 4.90 Å². The van der Waals surface area contributed by atoms with Crippen LogP contribution in [0.1, 0.15) is 67.7 Å². The van der Waals surface area contributed by atoms with E-state index in [0.717, 1.165) is 36.9 Å². The molecule has 0 saturated heterocycles. The quantitative estimate of drug-likeness (QED) is 0.259. The van der Waals surface area contributed by atoms with Gasteiger partial charge >= 0.3 is 0 Å². The maximum atomic E-state index is 4.59. The van der Waals surface area contributed by atoms with Crippen LogP contribution in [0.5, 0.6) is 0 Å². The van der Waals surface area contributed by atoms with Crippen molar-refractivity contribution in [2.24, 2.45) is 29.6 Å². The molecule has 5 unspecified atom stereocenters. The van der Waals surface area contributed by atoms with E-state index < -0.39 is 0 Å². The van der Waals surface area contributed by atoms with E-state index >= 15 is 0 Å². The third-order valence-electron chi connectivity index (χ3n) is 7.16. The molecular formula is C25H45N2+. The molecule has 0 aliphatic heterocycles. The lowest BCUT2D eigenvalue weighted by atomic mass is 9.89. The van der Waals surface area contributed by atoms with Gasteiger partial charge in [-0.3, -0.25) is 0 Å². The summed E-state index contributed by atoms with van der Waals surface area (Å²) in [5, 5.41) is 0. The Labute approximate surface area is 169 Å². The normalized spacial score (nSPS) is 28.0. The molecule has 0 bridgehead atoms. The Morgan fingerprint density at radius 1 is 1.15 bits per heavy atom. The second kappa shape index (κ2) is 10.3. The van der Waals surface area contributed by atoms with Crippen molar-refractivity contribution in [2.45, 2.75) is 67.7 Å². The van der Waals surface area contributed by atoms with Crippen LogP contribution < -0.4 is 0 Å². The largest absolute Gasteiger partial charge is 0.377 e. The molecule has 0 heterocycles. The summed E-state index contributed by atoms with van der Waals surface area (Å²) in [6.45, 7) is 26.3. The smallest absolute Gasteiger partial charge is 0.178 e. The predicted octanol–water partition coefficient (Wildman–Crippen LogP) is 6.36. The third-order valence-corrected chi connectivity index (χ3v) is 7.16. The average Bonchev–Trinajstić information content (AvgIpc) is 2.89. The van der Waals surface area contributed by atoms with Crippen molar-refractivity contribution in [1.82, 2.24) is 4.90 Å². The van der Waals surface area contributed by atoms with Gasteiger partial charge in [0.1, 0.15) is 6.54 Å². The highest BCUT2D eigenvalue weighted by molar-refractivity contribution is 5.82. The summed E-state index contributed by atoms with van der Waals surface area (Å²) in [5.74, 6) is 3.37. The van der Waals surface area contributed by atoms with Gasteiger partial charge in [0, 0.05) is 32.1 Å². The lowest BCUT2D eigenvalue weighted by Gasteiger charge is -2.22. The van der Waals surface area contributed by atoms with Gasteiger partial charge in [-0.15, -0.1) is 0 Å². The molecule has 1 rings (SSSR count). The Morgan fingerprint density at radius 2 is 1.74 bits per heavy atom. The van der Waals surface area contributed by atoms with E-state index in [-0.39, 0.29) is 0 Å². The van der Waals surface area contributed by atoms with Crippen molar-refractivity contribution >= 4 is 6.21 Å². The van der Waals surface area contributed by atoms with Gasteiger partial charge in [0.05, 0.1) is 5.57 Å². The van der Waals surface area contributed by atoms with Gasteiger partial charge in [0.2, 0.25) is 0 Å². The van der Waals surface area contributed by atoms with Crippen LogP contribution in [-0.4, -0.2) is 36.3 Å². The fraction of sp³-hybridized carbons (Fsp3) is 0.720. The fourth-order valence-corrected chi connectivity index (χ4v) is 4.27. The lowest BCUT2D eigenvalue weighted by Crippen LogP contribution is -2.25. The van der Waals surface area contributed by atoms with Crippen LogP contribution >= 0.6 is 0 Å². The van der Waals surface area contributed by atoms with E-state index in [0.29, 0.717) is 17.8 Å². The molecule has 0 aromatic rings. The summed E-state index contributed by atoms with van der Waals surface area (Å²) in [7, 11) is 4.17. The molecular weight excluding hydrogens is 328 g/mol. The van der Waals surface area contributed by atoms with E-state index in [9.17, 15) is 0 Å². The molecule has 2 nitrogen and oxygen atoms in total. The first-order valence-corrected chi connectivity index (χ1v) is 10.9. The summed E-state index contributed by atoms with van der Waals surface area (Å²) in [6.07, 6.45) is 5.86. The first kappa shape index (κ1) is 23.7. The number of likely N-dealkylation sites (N-methyl/N-ethyl adjacent to an activating group) is 1. The van der Waals surface area contributed by atoms with E-state index in [1.165, 1.54) is 23.3 Å². The summed E-state index contributed by atoms with van der Waals surface area (Å²) in [6, 6.07) is 0. The summed E-state index contributed by atoms with van der Waals surface area (Å²) >= 11 is 0. The molecule has 0 radical (unpaired) electrons. The van der Waals surface area contributed by atoms with E-state index in [1.807, 2.05) is 0 Å². The first-order chi connectivity index (χ1) is 12.6. The molecule has 1 aliphatic rings. The summed E-state index contributed by atoms with van der Waals surface area (Å²) < 4.78 is 2.43. The van der Waals surface area contributed by atoms with Crippen molar-refractivity contribution in [3.8, 4) is 0 Å². The fourth-order valence-electron chi connectivity index (χ4n) is 4.27. The van der Waals surface area contributed by atoms with Gasteiger partial charge in [-0.1, -0.05) is 53.7 Å². The molecule has 2 heteroatoms. The maximum Gasteiger partial charge on any atom is 0.178 e. The minimum absolute atomic E-state index is 0.551. The lowest BCUT2D eigenvalue weighted by molar-refractivity contribution is -0.480. The maximum absolute atomic E-state index is 4.59. The molecule has 0 aromatic heterocycles. The zero-order valence-corrected chi connectivity index (χ0v) is 19.6. The van der Waals surface area contributed by atoms with Gasteiger partial charge in [-0.05, 0) is 50.0 Å². The molecule has 0 N–H and O–H groups in total. The molecule has 1 saturated carbocycles. The Morgan fingerprint density at radius 3 is 2.15 bits per heavy atom. The highest BCUT2D eigenvalue weighted by Gasteiger charge is 2.40. The van der Waals surface area contributed by atoms with Crippen LogP contribution in [0.4, 0.5) is 0 Å². The van der Waals surface area contributed by atoms with Crippen LogP contribution in [0.15, 0.2) is 35.7 Å². The monoisotopic (exact) mass is 373 g/mol.